The summed E-state index contributed by atoms with van der Waals surface area (Å²) in [5, 5.41) is 2.97. The first-order valence-electron chi connectivity index (χ1n) is 5.57. The molecule has 2 rings (SSSR count). The number of rotatable bonds is 3. The number of aryl methyl sites for hydroxylation is 1. The van der Waals surface area contributed by atoms with Crippen LogP contribution in [0.5, 0.6) is 0 Å². The number of carbonyl (C=O) groups excluding carboxylic acids is 1. The van der Waals surface area contributed by atoms with E-state index in [1.165, 1.54) is 10.9 Å². The highest BCUT2D eigenvalue weighted by Gasteiger charge is 2.06. The van der Waals surface area contributed by atoms with Crippen molar-refractivity contribution in [3.8, 4) is 0 Å². The van der Waals surface area contributed by atoms with Crippen molar-refractivity contribution in [2.24, 2.45) is 0 Å². The zero-order valence-electron chi connectivity index (χ0n) is 10.0. The molecular weight excluding hydrogens is 232 g/mol. The molecule has 0 spiro atoms. The zero-order valence-corrected chi connectivity index (χ0v) is 10.0. The summed E-state index contributed by atoms with van der Waals surface area (Å²) >= 11 is 0. The van der Waals surface area contributed by atoms with Gasteiger partial charge in [0.25, 0.3) is 5.56 Å². The maximum Gasteiger partial charge on any atom is 0.261 e. The first kappa shape index (κ1) is 12.1. The Kier molecular flexibility index (Phi) is 3.27. The number of nitrogens with one attached hydrogen (secondary N) is 1. The van der Waals surface area contributed by atoms with Gasteiger partial charge in [-0.3, -0.25) is 14.2 Å². The fourth-order valence-electron chi connectivity index (χ4n) is 1.68. The molecule has 0 unspecified atom stereocenters. The highest BCUT2D eigenvalue weighted by molar-refractivity contribution is 5.80. The second-order valence-electron chi connectivity index (χ2n) is 3.94. The molecule has 1 aromatic carbocycles. The van der Waals surface area contributed by atoms with Crippen molar-refractivity contribution >= 4 is 22.5 Å². The van der Waals surface area contributed by atoms with Crippen LogP contribution in [0, 0.1) is 0 Å². The Morgan fingerprint density at radius 3 is 3.00 bits per heavy atom. The molecule has 0 atom stereocenters. The molecule has 0 saturated heterocycles. The molecule has 0 bridgehead atoms. The average molecular weight is 246 g/mol. The van der Waals surface area contributed by atoms with Crippen LogP contribution in [0.4, 0.5) is 5.69 Å². The summed E-state index contributed by atoms with van der Waals surface area (Å²) in [6.07, 6.45) is 1.69. The number of carbonyl (C=O) groups is 1. The molecule has 3 N–H and O–H groups in total. The lowest BCUT2D eigenvalue weighted by molar-refractivity contribution is -0.120. The van der Waals surface area contributed by atoms with E-state index in [9.17, 15) is 9.59 Å². The summed E-state index contributed by atoms with van der Waals surface area (Å²) in [6.45, 7) is 0.302. The van der Waals surface area contributed by atoms with E-state index in [0.29, 0.717) is 23.1 Å². The summed E-state index contributed by atoms with van der Waals surface area (Å²) in [5.74, 6) is -0.116. The molecule has 2 aromatic rings. The minimum Gasteiger partial charge on any atom is -0.399 e. The van der Waals surface area contributed by atoms with E-state index in [4.69, 9.17) is 5.73 Å². The van der Waals surface area contributed by atoms with Crippen molar-refractivity contribution in [2.45, 2.75) is 13.0 Å². The fraction of sp³-hybridized carbons (Fsp3) is 0.250. The number of hydrogen-bond acceptors (Lipinski definition) is 4. The van der Waals surface area contributed by atoms with Gasteiger partial charge in [0, 0.05) is 25.7 Å². The first-order chi connectivity index (χ1) is 8.61. The highest BCUT2D eigenvalue weighted by Crippen LogP contribution is 2.10. The maximum absolute atomic E-state index is 12.1. The average Bonchev–Trinajstić information content (AvgIpc) is 2.38. The fourth-order valence-corrected chi connectivity index (χ4v) is 1.68. The lowest BCUT2D eigenvalue weighted by Gasteiger charge is -2.06. The smallest absolute Gasteiger partial charge is 0.261 e. The van der Waals surface area contributed by atoms with Gasteiger partial charge in [0.2, 0.25) is 5.91 Å². The van der Waals surface area contributed by atoms with Crippen molar-refractivity contribution in [3.05, 3.63) is 34.9 Å². The molecule has 0 aliphatic rings. The lowest BCUT2D eigenvalue weighted by Crippen LogP contribution is -2.25. The number of amides is 1. The van der Waals surface area contributed by atoms with Gasteiger partial charge >= 0.3 is 0 Å². The Morgan fingerprint density at radius 2 is 2.28 bits per heavy atom. The van der Waals surface area contributed by atoms with E-state index in [2.05, 4.69) is 10.3 Å². The highest BCUT2D eigenvalue weighted by atomic mass is 16.1. The van der Waals surface area contributed by atoms with Crippen molar-refractivity contribution < 1.29 is 4.79 Å². The Balaban J connectivity index is 2.38. The van der Waals surface area contributed by atoms with Gasteiger partial charge in [-0.2, -0.15) is 0 Å². The van der Waals surface area contributed by atoms with E-state index in [1.807, 2.05) is 0 Å². The van der Waals surface area contributed by atoms with E-state index < -0.39 is 0 Å². The van der Waals surface area contributed by atoms with Crippen molar-refractivity contribution in [2.75, 3.05) is 12.8 Å². The van der Waals surface area contributed by atoms with Gasteiger partial charge < -0.3 is 11.1 Å². The number of fused-ring (bicyclic) bond motifs is 1. The topological polar surface area (TPSA) is 90.0 Å². The van der Waals surface area contributed by atoms with Crippen molar-refractivity contribution in [1.82, 2.24) is 14.9 Å². The molecule has 18 heavy (non-hydrogen) atoms. The monoisotopic (exact) mass is 246 g/mol. The Bertz CT molecular complexity index is 648. The van der Waals surface area contributed by atoms with Gasteiger partial charge in [-0.05, 0) is 18.2 Å². The molecule has 94 valence electrons. The van der Waals surface area contributed by atoms with Crippen LogP contribution in [0.1, 0.15) is 6.42 Å². The van der Waals surface area contributed by atoms with Crippen molar-refractivity contribution in [1.29, 1.82) is 0 Å². The molecular formula is C12H14N4O2. The third-order valence-corrected chi connectivity index (χ3v) is 2.71. The quantitative estimate of drug-likeness (QED) is 0.752. The summed E-state index contributed by atoms with van der Waals surface area (Å²) in [4.78, 5) is 27.4. The number of nitrogen functional groups attached to an aromatic ring is 1. The molecule has 1 amide bonds. The first-order valence-corrected chi connectivity index (χ1v) is 5.57. The largest absolute Gasteiger partial charge is 0.399 e. The van der Waals surface area contributed by atoms with E-state index >= 15 is 0 Å². The number of nitrogens with two attached hydrogens (primary N) is 1. The van der Waals surface area contributed by atoms with Gasteiger partial charge in [-0.15, -0.1) is 0 Å². The van der Waals surface area contributed by atoms with E-state index in [-0.39, 0.29) is 17.9 Å². The second-order valence-corrected chi connectivity index (χ2v) is 3.94. The predicted octanol–water partition coefficient (Wildman–Crippen LogP) is 0.115. The van der Waals surface area contributed by atoms with Gasteiger partial charge in [0.15, 0.2) is 0 Å². The standard InChI is InChI=1S/C12H14N4O2/c1-14-11(17)4-5-16-7-15-10-3-2-8(13)6-9(10)12(16)18/h2-3,6-7H,4-5,13H2,1H3,(H,14,17). The molecule has 0 saturated carbocycles. The molecule has 1 aromatic heterocycles. The lowest BCUT2D eigenvalue weighted by atomic mass is 10.2. The Morgan fingerprint density at radius 1 is 1.50 bits per heavy atom. The molecule has 6 nitrogen and oxygen atoms in total. The van der Waals surface area contributed by atoms with Crippen LogP contribution in [-0.2, 0) is 11.3 Å². The van der Waals surface area contributed by atoms with Crippen LogP contribution >= 0.6 is 0 Å². The minimum atomic E-state index is -0.184. The Hall–Kier alpha value is -2.37. The van der Waals surface area contributed by atoms with E-state index in [0.717, 1.165) is 0 Å². The number of anilines is 1. The third kappa shape index (κ3) is 2.32. The van der Waals surface area contributed by atoms with Crippen LogP contribution in [-0.4, -0.2) is 22.5 Å². The van der Waals surface area contributed by atoms with E-state index in [1.54, 1.807) is 25.2 Å². The van der Waals surface area contributed by atoms with Crippen LogP contribution in [0.2, 0.25) is 0 Å². The molecule has 0 aliphatic heterocycles. The summed E-state index contributed by atoms with van der Waals surface area (Å²) < 4.78 is 1.41. The molecule has 0 radical (unpaired) electrons. The number of hydrogen-bond donors (Lipinski definition) is 2. The minimum absolute atomic E-state index is 0.116. The summed E-state index contributed by atoms with van der Waals surface area (Å²) in [5.41, 5.74) is 6.58. The van der Waals surface area contributed by atoms with Crippen LogP contribution in [0.3, 0.4) is 0 Å². The number of nitrogens with zero attached hydrogens (tertiary/aromatic N) is 2. The van der Waals surface area contributed by atoms with Crippen molar-refractivity contribution in [3.63, 3.8) is 0 Å². The van der Waals surface area contributed by atoms with Gasteiger partial charge in [0.1, 0.15) is 0 Å². The Labute approximate surface area is 103 Å². The van der Waals surface area contributed by atoms with Gasteiger partial charge in [-0.1, -0.05) is 0 Å². The SMILES string of the molecule is CNC(=O)CCn1cnc2ccc(N)cc2c1=O. The molecule has 1 heterocycles. The summed E-state index contributed by atoms with van der Waals surface area (Å²) in [6, 6.07) is 5.00. The number of benzene rings is 1. The van der Waals surface area contributed by atoms with Crippen LogP contribution in [0.15, 0.2) is 29.3 Å². The van der Waals surface area contributed by atoms with Gasteiger partial charge in [0.05, 0.1) is 17.2 Å². The maximum atomic E-state index is 12.1. The predicted molar refractivity (Wildman–Crippen MR) is 69.1 cm³/mol. The molecule has 0 fully saturated rings. The van der Waals surface area contributed by atoms with Crippen LogP contribution in [0.25, 0.3) is 10.9 Å². The van der Waals surface area contributed by atoms with Gasteiger partial charge in [-0.25, -0.2) is 4.98 Å². The van der Waals surface area contributed by atoms with Crippen LogP contribution < -0.4 is 16.6 Å². The zero-order chi connectivity index (χ0) is 13.1. The normalized spacial score (nSPS) is 10.5. The third-order valence-electron chi connectivity index (χ3n) is 2.71. The number of aromatic nitrogens is 2. The molecule has 6 heteroatoms. The molecule has 0 aliphatic carbocycles. The second kappa shape index (κ2) is 4.87. The summed E-state index contributed by atoms with van der Waals surface area (Å²) in [7, 11) is 1.56.